The number of aliphatic hydroxyl groups excluding tert-OH is 1. The summed E-state index contributed by atoms with van der Waals surface area (Å²) in [4.78, 5) is 25.8. The molecule has 0 unspecified atom stereocenters. The summed E-state index contributed by atoms with van der Waals surface area (Å²) in [5.74, 6) is -0.404. The molecule has 9 nitrogen and oxygen atoms in total. The third-order valence-corrected chi connectivity index (χ3v) is 7.28. The number of halogens is 1. The Morgan fingerprint density at radius 2 is 2.00 bits per heavy atom. The van der Waals surface area contributed by atoms with Gasteiger partial charge in [0.25, 0.3) is 11.8 Å². The van der Waals surface area contributed by atoms with Crippen molar-refractivity contribution in [2.75, 3.05) is 40.1 Å². The minimum Gasteiger partial charge on any atom is -0.495 e. The number of amides is 2. The second-order valence-electron chi connectivity index (χ2n) is 9.87. The Bertz CT molecular complexity index is 1200. The van der Waals surface area contributed by atoms with E-state index < -0.39 is 23.9 Å². The molecule has 3 atom stereocenters. The number of hydrogen-bond donors (Lipinski definition) is 3. The lowest BCUT2D eigenvalue weighted by molar-refractivity contribution is -0.0261. The molecule has 3 aliphatic rings. The first-order valence-electron chi connectivity index (χ1n) is 13.0. The van der Waals surface area contributed by atoms with Gasteiger partial charge in [-0.25, -0.2) is 4.39 Å². The fourth-order valence-electron chi connectivity index (χ4n) is 5.28. The van der Waals surface area contributed by atoms with E-state index in [-0.39, 0.29) is 24.2 Å². The maximum atomic E-state index is 15.0. The first-order valence-corrected chi connectivity index (χ1v) is 13.0. The number of benzene rings is 2. The van der Waals surface area contributed by atoms with Crippen LogP contribution in [0.3, 0.4) is 0 Å². The standard InChI is InChI=1S/C28H33FN2O7/c1-35-26-20-6-10-38-25(20)17(13-21(26)28(34)31-23-7-9-36-15-24(23)32)11-16-4-5-19(22(29)12-16)27(33)30-14-18-3-2-8-37-18/h4-5,12-13,18,23-24,32H,2-3,6-11,14-15H2,1H3,(H,30,33)(H,31,34)/t18-,23+,24+/m1/s1. The van der Waals surface area contributed by atoms with Crippen molar-refractivity contribution < 1.29 is 38.0 Å². The molecule has 0 radical (unpaired) electrons. The Balaban J connectivity index is 1.35. The number of aliphatic hydroxyl groups is 1. The molecule has 2 aromatic carbocycles. The van der Waals surface area contributed by atoms with Crippen molar-refractivity contribution in [1.29, 1.82) is 0 Å². The van der Waals surface area contributed by atoms with Gasteiger partial charge in [0.1, 0.15) is 17.3 Å². The fraction of sp³-hybridized carbons (Fsp3) is 0.500. The number of nitrogens with one attached hydrogen (secondary N) is 2. The Labute approximate surface area is 220 Å². The van der Waals surface area contributed by atoms with E-state index in [1.807, 2.05) is 0 Å². The Hall–Kier alpha value is -3.21. The number of ether oxygens (including phenoxy) is 4. The summed E-state index contributed by atoms with van der Waals surface area (Å²) in [7, 11) is 1.51. The maximum Gasteiger partial charge on any atom is 0.255 e. The predicted molar refractivity (Wildman–Crippen MR) is 135 cm³/mol. The van der Waals surface area contributed by atoms with Crippen molar-refractivity contribution >= 4 is 11.8 Å². The number of carbonyl (C=O) groups excluding carboxylic acids is 2. The lowest BCUT2D eigenvalue weighted by Gasteiger charge is -2.28. The summed E-state index contributed by atoms with van der Waals surface area (Å²) < 4.78 is 37.2. The molecule has 3 heterocycles. The van der Waals surface area contributed by atoms with Crippen LogP contribution in [0.4, 0.5) is 4.39 Å². The van der Waals surface area contributed by atoms with Crippen LogP contribution >= 0.6 is 0 Å². The molecule has 204 valence electrons. The molecule has 3 aliphatic heterocycles. The molecule has 0 spiro atoms. The van der Waals surface area contributed by atoms with Gasteiger partial charge in [-0.15, -0.1) is 0 Å². The molecule has 5 rings (SSSR count). The fourth-order valence-corrected chi connectivity index (χ4v) is 5.28. The molecule has 10 heteroatoms. The van der Waals surface area contributed by atoms with Crippen LogP contribution in [0.25, 0.3) is 0 Å². The highest BCUT2D eigenvalue weighted by Crippen LogP contribution is 2.40. The van der Waals surface area contributed by atoms with Gasteiger partial charge in [-0.05, 0) is 48.6 Å². The Morgan fingerprint density at radius 3 is 2.74 bits per heavy atom. The summed E-state index contributed by atoms with van der Waals surface area (Å²) in [6.07, 6.45) is 2.39. The zero-order valence-electron chi connectivity index (χ0n) is 21.4. The average molecular weight is 529 g/mol. The lowest BCUT2D eigenvalue weighted by atomic mass is 9.95. The van der Waals surface area contributed by atoms with E-state index in [1.54, 1.807) is 12.1 Å². The van der Waals surface area contributed by atoms with Gasteiger partial charge >= 0.3 is 0 Å². The van der Waals surface area contributed by atoms with Gasteiger partial charge < -0.3 is 34.7 Å². The molecule has 0 saturated carbocycles. The maximum absolute atomic E-state index is 15.0. The number of fused-ring (bicyclic) bond motifs is 1. The highest BCUT2D eigenvalue weighted by Gasteiger charge is 2.30. The van der Waals surface area contributed by atoms with Crippen molar-refractivity contribution in [3.05, 3.63) is 57.9 Å². The molecule has 2 amide bonds. The minimum absolute atomic E-state index is 0.0282. The predicted octanol–water partition coefficient (Wildman–Crippen LogP) is 2.15. The topological polar surface area (TPSA) is 115 Å². The Morgan fingerprint density at radius 1 is 1.13 bits per heavy atom. The van der Waals surface area contributed by atoms with E-state index in [1.165, 1.54) is 19.2 Å². The molecule has 0 aromatic heterocycles. The summed E-state index contributed by atoms with van der Waals surface area (Å²) in [5, 5.41) is 15.9. The normalized spacial score (nSPS) is 22.4. The smallest absolute Gasteiger partial charge is 0.255 e. The highest BCUT2D eigenvalue weighted by molar-refractivity contribution is 5.98. The summed E-state index contributed by atoms with van der Waals surface area (Å²) in [6.45, 7) is 2.10. The van der Waals surface area contributed by atoms with Gasteiger partial charge in [-0.3, -0.25) is 9.59 Å². The number of rotatable bonds is 8. The molecule has 3 N–H and O–H groups in total. The van der Waals surface area contributed by atoms with E-state index in [0.717, 1.165) is 18.4 Å². The molecule has 38 heavy (non-hydrogen) atoms. The van der Waals surface area contributed by atoms with Crippen LogP contribution in [-0.4, -0.2) is 75.3 Å². The average Bonchev–Trinajstić information content (AvgIpc) is 3.61. The van der Waals surface area contributed by atoms with Gasteiger partial charge in [0.15, 0.2) is 0 Å². The largest absolute Gasteiger partial charge is 0.495 e. The van der Waals surface area contributed by atoms with Crippen LogP contribution in [-0.2, 0) is 22.3 Å². The number of carbonyl (C=O) groups is 2. The second kappa shape index (κ2) is 11.7. The molecule has 2 fully saturated rings. The van der Waals surface area contributed by atoms with Crippen molar-refractivity contribution in [2.24, 2.45) is 0 Å². The summed E-state index contributed by atoms with van der Waals surface area (Å²) in [5.41, 5.74) is 2.43. The van der Waals surface area contributed by atoms with Crippen LogP contribution in [0.1, 0.15) is 56.7 Å². The van der Waals surface area contributed by atoms with Crippen LogP contribution in [0.15, 0.2) is 24.3 Å². The zero-order valence-corrected chi connectivity index (χ0v) is 21.4. The Kier molecular flexibility index (Phi) is 8.11. The molecule has 0 bridgehead atoms. The molecule has 0 aliphatic carbocycles. The first-order chi connectivity index (χ1) is 18.4. The molecular formula is C28H33FN2O7. The van der Waals surface area contributed by atoms with E-state index in [9.17, 15) is 19.1 Å². The van der Waals surface area contributed by atoms with Crippen molar-refractivity contribution in [3.8, 4) is 11.5 Å². The number of hydrogen-bond acceptors (Lipinski definition) is 7. The third kappa shape index (κ3) is 5.62. The van der Waals surface area contributed by atoms with Crippen molar-refractivity contribution in [2.45, 2.75) is 50.4 Å². The van der Waals surface area contributed by atoms with Crippen molar-refractivity contribution in [1.82, 2.24) is 10.6 Å². The van der Waals surface area contributed by atoms with Gasteiger partial charge in [0.05, 0.1) is 49.7 Å². The van der Waals surface area contributed by atoms with E-state index >= 15 is 0 Å². The van der Waals surface area contributed by atoms with E-state index in [0.29, 0.717) is 73.8 Å². The van der Waals surface area contributed by atoms with Gasteiger partial charge in [0, 0.05) is 38.2 Å². The SMILES string of the molecule is COc1c(C(=O)N[C@H]2CCOC[C@@H]2O)cc(Cc2ccc(C(=O)NC[C@H]3CCCO3)c(F)c2)c2c1CCO2. The quantitative estimate of drug-likeness (QED) is 0.481. The van der Waals surface area contributed by atoms with Gasteiger partial charge in [-0.1, -0.05) is 6.07 Å². The summed E-state index contributed by atoms with van der Waals surface area (Å²) >= 11 is 0. The van der Waals surface area contributed by atoms with Crippen LogP contribution in [0.2, 0.25) is 0 Å². The van der Waals surface area contributed by atoms with Crippen LogP contribution < -0.4 is 20.1 Å². The molecule has 2 saturated heterocycles. The molecule has 2 aromatic rings. The zero-order chi connectivity index (χ0) is 26.6. The van der Waals surface area contributed by atoms with Crippen molar-refractivity contribution in [3.63, 3.8) is 0 Å². The van der Waals surface area contributed by atoms with E-state index in [2.05, 4.69) is 10.6 Å². The van der Waals surface area contributed by atoms with Gasteiger partial charge in [-0.2, -0.15) is 0 Å². The highest BCUT2D eigenvalue weighted by atomic mass is 19.1. The summed E-state index contributed by atoms with van der Waals surface area (Å²) in [6, 6.07) is 5.78. The third-order valence-electron chi connectivity index (χ3n) is 7.28. The lowest BCUT2D eigenvalue weighted by Crippen LogP contribution is -2.48. The first kappa shape index (κ1) is 26.4. The van der Waals surface area contributed by atoms with E-state index in [4.69, 9.17) is 18.9 Å². The molecular weight excluding hydrogens is 495 g/mol. The van der Waals surface area contributed by atoms with Gasteiger partial charge in [0.2, 0.25) is 0 Å². The van der Waals surface area contributed by atoms with Crippen LogP contribution in [0.5, 0.6) is 11.5 Å². The number of methoxy groups -OCH3 is 1. The monoisotopic (exact) mass is 528 g/mol. The van der Waals surface area contributed by atoms with Crippen LogP contribution in [0, 0.1) is 5.82 Å². The second-order valence-corrected chi connectivity index (χ2v) is 9.87. The minimum atomic E-state index is -0.791.